The first-order valence-electron chi connectivity index (χ1n) is 7.35. The number of rotatable bonds is 4. The molecular weight excluding hydrogens is 307 g/mol. The van der Waals surface area contributed by atoms with Crippen LogP contribution in [0.5, 0.6) is 0 Å². The highest BCUT2D eigenvalue weighted by atomic mass is 19.1. The maximum Gasteiger partial charge on any atom is 0.258 e. The Kier molecular flexibility index (Phi) is 4.47. The van der Waals surface area contributed by atoms with Crippen molar-refractivity contribution < 1.29 is 9.18 Å². The van der Waals surface area contributed by atoms with Gasteiger partial charge in [0.1, 0.15) is 5.82 Å². The molecule has 2 N–H and O–H groups in total. The van der Waals surface area contributed by atoms with Crippen molar-refractivity contribution in [2.45, 2.75) is 6.92 Å². The second-order valence-corrected chi connectivity index (χ2v) is 5.20. The fourth-order valence-electron chi connectivity index (χ4n) is 2.09. The highest BCUT2D eigenvalue weighted by Gasteiger charge is 2.10. The summed E-state index contributed by atoms with van der Waals surface area (Å²) >= 11 is 0. The molecule has 1 heterocycles. The molecular formula is C18H15FN4O. The number of nitrogens with zero attached hydrogens (tertiary/aromatic N) is 2. The third-order valence-corrected chi connectivity index (χ3v) is 3.33. The van der Waals surface area contributed by atoms with E-state index in [2.05, 4.69) is 20.8 Å². The predicted molar refractivity (Wildman–Crippen MR) is 90.8 cm³/mol. The van der Waals surface area contributed by atoms with Gasteiger partial charge in [-0.2, -0.15) is 5.10 Å². The van der Waals surface area contributed by atoms with Crippen molar-refractivity contribution in [1.82, 2.24) is 10.2 Å². The lowest BCUT2D eigenvalue weighted by atomic mass is 10.2. The molecule has 0 unspecified atom stereocenters. The van der Waals surface area contributed by atoms with Crippen molar-refractivity contribution in [2.24, 2.45) is 0 Å². The van der Waals surface area contributed by atoms with E-state index < -0.39 is 11.7 Å². The molecule has 0 fully saturated rings. The van der Waals surface area contributed by atoms with Crippen molar-refractivity contribution in [3.05, 3.63) is 77.7 Å². The fraction of sp³-hybridized carbons (Fsp3) is 0.0556. The van der Waals surface area contributed by atoms with Crippen molar-refractivity contribution in [1.29, 1.82) is 0 Å². The number of hydrogen-bond acceptors (Lipinski definition) is 4. The van der Waals surface area contributed by atoms with Crippen LogP contribution in [0.15, 0.2) is 60.7 Å². The molecule has 2 aromatic carbocycles. The van der Waals surface area contributed by atoms with Crippen molar-refractivity contribution in [3.63, 3.8) is 0 Å². The minimum absolute atomic E-state index is 0.00892. The van der Waals surface area contributed by atoms with Gasteiger partial charge in [-0.15, -0.1) is 5.10 Å². The minimum Gasteiger partial charge on any atom is -0.339 e. The number of carbonyl (C=O) groups excluding carboxylic acids is 1. The van der Waals surface area contributed by atoms with Crippen LogP contribution in [-0.4, -0.2) is 16.1 Å². The molecule has 5 nitrogen and oxygen atoms in total. The summed E-state index contributed by atoms with van der Waals surface area (Å²) < 4.78 is 13.6. The third-order valence-electron chi connectivity index (χ3n) is 3.33. The van der Waals surface area contributed by atoms with Crippen LogP contribution in [0.25, 0.3) is 0 Å². The van der Waals surface area contributed by atoms with Gasteiger partial charge in [0.2, 0.25) is 0 Å². The van der Waals surface area contributed by atoms with Crippen LogP contribution in [0.3, 0.4) is 0 Å². The first-order valence-corrected chi connectivity index (χ1v) is 7.35. The predicted octanol–water partition coefficient (Wildman–Crippen LogP) is 3.92. The molecule has 3 aromatic rings. The maximum atomic E-state index is 13.6. The van der Waals surface area contributed by atoms with E-state index in [1.807, 2.05) is 19.1 Å². The van der Waals surface area contributed by atoms with Crippen molar-refractivity contribution >= 4 is 23.1 Å². The summed E-state index contributed by atoms with van der Waals surface area (Å²) in [5.41, 5.74) is 2.22. The molecule has 0 radical (unpaired) electrons. The topological polar surface area (TPSA) is 66.9 Å². The summed E-state index contributed by atoms with van der Waals surface area (Å²) in [4.78, 5) is 12.1. The number of aryl methyl sites for hydroxylation is 1. The quantitative estimate of drug-likeness (QED) is 0.764. The Hall–Kier alpha value is -3.28. The monoisotopic (exact) mass is 322 g/mol. The Balaban J connectivity index is 1.67. The number of nitrogens with one attached hydrogen (secondary N) is 2. The Labute approximate surface area is 138 Å². The van der Waals surface area contributed by atoms with Crippen LogP contribution >= 0.6 is 0 Å². The summed E-state index contributed by atoms with van der Waals surface area (Å²) in [7, 11) is 0. The Morgan fingerprint density at radius 3 is 2.29 bits per heavy atom. The van der Waals surface area contributed by atoms with Crippen LogP contribution in [0.2, 0.25) is 0 Å². The summed E-state index contributed by atoms with van der Waals surface area (Å²) in [6.07, 6.45) is 0. The zero-order chi connectivity index (χ0) is 16.9. The average molecular weight is 322 g/mol. The van der Waals surface area contributed by atoms with E-state index in [9.17, 15) is 9.18 Å². The second kappa shape index (κ2) is 6.87. The molecule has 120 valence electrons. The van der Waals surface area contributed by atoms with Gasteiger partial charge in [-0.3, -0.25) is 4.79 Å². The van der Waals surface area contributed by atoms with Gasteiger partial charge in [-0.05, 0) is 55.5 Å². The van der Waals surface area contributed by atoms with Gasteiger partial charge in [0.25, 0.3) is 5.91 Å². The number of amides is 1. The second-order valence-electron chi connectivity index (χ2n) is 5.20. The molecule has 0 saturated carbocycles. The van der Waals surface area contributed by atoms with Gasteiger partial charge >= 0.3 is 0 Å². The van der Waals surface area contributed by atoms with E-state index in [0.717, 1.165) is 11.4 Å². The lowest BCUT2D eigenvalue weighted by Crippen LogP contribution is -2.13. The van der Waals surface area contributed by atoms with E-state index in [4.69, 9.17) is 0 Å². The van der Waals surface area contributed by atoms with Gasteiger partial charge in [0.15, 0.2) is 5.82 Å². The molecule has 0 aliphatic rings. The van der Waals surface area contributed by atoms with E-state index in [1.165, 1.54) is 12.1 Å². The molecule has 3 rings (SSSR count). The van der Waals surface area contributed by atoms with Crippen LogP contribution in [0, 0.1) is 12.7 Å². The fourth-order valence-corrected chi connectivity index (χ4v) is 2.09. The van der Waals surface area contributed by atoms with Gasteiger partial charge in [0.05, 0.1) is 11.3 Å². The molecule has 1 aromatic heterocycles. The van der Waals surface area contributed by atoms with Crippen LogP contribution in [-0.2, 0) is 0 Å². The molecule has 0 aliphatic carbocycles. The van der Waals surface area contributed by atoms with Gasteiger partial charge in [-0.25, -0.2) is 4.39 Å². The summed E-state index contributed by atoms with van der Waals surface area (Å²) in [5, 5.41) is 13.8. The highest BCUT2D eigenvalue weighted by Crippen LogP contribution is 2.18. The lowest BCUT2D eigenvalue weighted by molar-refractivity contribution is 0.102. The Morgan fingerprint density at radius 2 is 1.62 bits per heavy atom. The van der Waals surface area contributed by atoms with E-state index in [1.54, 1.807) is 36.4 Å². The smallest absolute Gasteiger partial charge is 0.258 e. The number of anilines is 3. The third kappa shape index (κ3) is 3.73. The van der Waals surface area contributed by atoms with Crippen LogP contribution in [0.4, 0.5) is 21.6 Å². The van der Waals surface area contributed by atoms with E-state index in [-0.39, 0.29) is 5.56 Å². The molecule has 6 heteroatoms. The number of halogens is 1. The van der Waals surface area contributed by atoms with Crippen molar-refractivity contribution in [2.75, 3.05) is 10.6 Å². The normalized spacial score (nSPS) is 10.2. The molecule has 0 bridgehead atoms. The maximum absolute atomic E-state index is 13.6. The average Bonchev–Trinajstić information content (AvgIpc) is 2.59. The molecule has 0 spiro atoms. The Morgan fingerprint density at radius 1 is 0.917 bits per heavy atom. The van der Waals surface area contributed by atoms with Gasteiger partial charge in [0, 0.05) is 11.4 Å². The van der Waals surface area contributed by atoms with Gasteiger partial charge in [-0.1, -0.05) is 12.1 Å². The number of benzene rings is 2. The van der Waals surface area contributed by atoms with Crippen LogP contribution in [0.1, 0.15) is 16.1 Å². The minimum atomic E-state index is -0.550. The Bertz CT molecular complexity index is 848. The number of hydrogen-bond donors (Lipinski definition) is 2. The first-order chi connectivity index (χ1) is 11.6. The number of aromatic nitrogens is 2. The zero-order valence-electron chi connectivity index (χ0n) is 13.0. The lowest BCUT2D eigenvalue weighted by Gasteiger charge is -2.08. The summed E-state index contributed by atoms with van der Waals surface area (Å²) in [5.74, 6) is -0.409. The SMILES string of the molecule is Cc1ccc(Nc2ccc(NC(=O)c3ccccc3F)cc2)nn1. The van der Waals surface area contributed by atoms with Crippen molar-refractivity contribution in [3.8, 4) is 0 Å². The summed E-state index contributed by atoms with van der Waals surface area (Å²) in [6, 6.07) is 16.6. The molecule has 1 amide bonds. The van der Waals surface area contributed by atoms with Crippen LogP contribution < -0.4 is 10.6 Å². The molecule has 0 atom stereocenters. The standard InChI is InChI=1S/C18H15FN4O/c1-12-6-11-17(23-22-12)20-13-7-9-14(10-8-13)21-18(24)15-4-2-3-5-16(15)19/h2-11H,1H3,(H,20,23)(H,21,24). The highest BCUT2D eigenvalue weighted by molar-refractivity contribution is 6.04. The molecule has 0 saturated heterocycles. The van der Waals surface area contributed by atoms with E-state index >= 15 is 0 Å². The largest absolute Gasteiger partial charge is 0.339 e. The molecule has 24 heavy (non-hydrogen) atoms. The summed E-state index contributed by atoms with van der Waals surface area (Å²) in [6.45, 7) is 1.86. The van der Waals surface area contributed by atoms with Gasteiger partial charge < -0.3 is 10.6 Å². The zero-order valence-corrected chi connectivity index (χ0v) is 13.0. The first kappa shape index (κ1) is 15.6. The van der Waals surface area contributed by atoms with E-state index in [0.29, 0.717) is 11.5 Å². The number of carbonyl (C=O) groups is 1. The molecule has 0 aliphatic heterocycles.